The van der Waals surface area contributed by atoms with Gasteiger partial charge in [0, 0.05) is 4.47 Å². The first-order chi connectivity index (χ1) is 6.59. The van der Waals surface area contributed by atoms with Gasteiger partial charge in [0.05, 0.1) is 10.9 Å². The third-order valence-electron chi connectivity index (χ3n) is 1.82. The Morgan fingerprint density at radius 1 is 1.36 bits per heavy atom. The third kappa shape index (κ3) is 1.48. The second-order valence-electron chi connectivity index (χ2n) is 2.81. The van der Waals surface area contributed by atoms with Gasteiger partial charge in [0.2, 0.25) is 0 Å². The lowest BCUT2D eigenvalue weighted by Gasteiger charge is -2.03. The number of aryl methyl sites for hydroxylation is 1. The summed E-state index contributed by atoms with van der Waals surface area (Å²) in [5.41, 5.74) is 0.502. The molecule has 14 heavy (non-hydrogen) atoms. The van der Waals surface area contributed by atoms with Crippen LogP contribution < -0.4 is 0 Å². The highest BCUT2D eigenvalue weighted by Crippen LogP contribution is 2.28. The predicted molar refractivity (Wildman–Crippen MR) is 56.9 cm³/mol. The number of hydrogen-bond donors (Lipinski definition) is 0. The molecule has 5 heteroatoms. The summed E-state index contributed by atoms with van der Waals surface area (Å²) in [7, 11) is 0. The second kappa shape index (κ2) is 3.44. The molecule has 0 aliphatic heterocycles. The molecule has 2 aromatic rings. The molecule has 0 fully saturated rings. The van der Waals surface area contributed by atoms with Crippen LogP contribution in [0.4, 0.5) is 4.39 Å². The van der Waals surface area contributed by atoms with E-state index >= 15 is 0 Å². The molecule has 2 nitrogen and oxygen atoms in total. The Morgan fingerprint density at radius 2 is 2.07 bits per heavy atom. The van der Waals surface area contributed by atoms with Crippen molar-refractivity contribution in [2.75, 3.05) is 0 Å². The third-order valence-corrected chi connectivity index (χ3v) is 2.73. The van der Waals surface area contributed by atoms with Gasteiger partial charge in [0.1, 0.15) is 16.8 Å². The normalized spacial score (nSPS) is 10.9. The number of aromatic nitrogens is 2. The average molecular weight is 276 g/mol. The molecule has 2 rings (SSSR count). The fourth-order valence-electron chi connectivity index (χ4n) is 1.23. The van der Waals surface area contributed by atoms with Gasteiger partial charge in [0.25, 0.3) is 0 Å². The van der Waals surface area contributed by atoms with Crippen LogP contribution in [-0.2, 0) is 0 Å². The van der Waals surface area contributed by atoms with Gasteiger partial charge >= 0.3 is 0 Å². The molecule has 0 radical (unpaired) electrons. The molecule has 0 aliphatic rings. The van der Waals surface area contributed by atoms with Gasteiger partial charge in [0.15, 0.2) is 0 Å². The van der Waals surface area contributed by atoms with E-state index in [0.717, 1.165) is 0 Å². The molecule has 0 saturated carbocycles. The quantitative estimate of drug-likeness (QED) is 0.688. The van der Waals surface area contributed by atoms with Gasteiger partial charge in [-0.25, -0.2) is 14.4 Å². The van der Waals surface area contributed by atoms with Gasteiger partial charge in [-0.05, 0) is 35.0 Å². The highest BCUT2D eigenvalue weighted by Gasteiger charge is 2.11. The molecule has 0 atom stereocenters. The van der Waals surface area contributed by atoms with E-state index in [-0.39, 0.29) is 10.5 Å². The first-order valence-corrected chi connectivity index (χ1v) is 5.04. The Bertz CT molecular complexity index is 516. The minimum absolute atomic E-state index is 0.145. The summed E-state index contributed by atoms with van der Waals surface area (Å²) in [6.45, 7) is 1.71. The Labute approximate surface area is 93.3 Å². The SMILES string of the molecule is Cc1nc(Cl)c2c(F)ccc(Br)c2n1. The van der Waals surface area contributed by atoms with Crippen LogP contribution in [0.5, 0.6) is 0 Å². The van der Waals surface area contributed by atoms with Crippen molar-refractivity contribution in [1.29, 1.82) is 0 Å². The summed E-state index contributed by atoms with van der Waals surface area (Å²) in [6.07, 6.45) is 0. The first kappa shape index (κ1) is 9.80. The molecular formula is C9H5BrClFN2. The molecule has 0 bridgehead atoms. The van der Waals surface area contributed by atoms with Gasteiger partial charge in [-0.1, -0.05) is 11.6 Å². The van der Waals surface area contributed by atoms with Crippen LogP contribution in [0.15, 0.2) is 16.6 Å². The molecule has 0 N–H and O–H groups in total. The maximum absolute atomic E-state index is 13.4. The van der Waals surface area contributed by atoms with E-state index in [1.54, 1.807) is 13.0 Å². The molecule has 1 heterocycles. The summed E-state index contributed by atoms with van der Waals surface area (Å²) in [5, 5.41) is 0.401. The fraction of sp³-hybridized carbons (Fsp3) is 0.111. The maximum Gasteiger partial charge on any atom is 0.143 e. The van der Waals surface area contributed by atoms with E-state index in [2.05, 4.69) is 25.9 Å². The minimum atomic E-state index is -0.409. The summed E-state index contributed by atoms with van der Waals surface area (Å²) in [5.74, 6) is 0.113. The Balaban J connectivity index is 3.00. The van der Waals surface area contributed by atoms with E-state index in [4.69, 9.17) is 11.6 Å². The monoisotopic (exact) mass is 274 g/mol. The molecule has 0 spiro atoms. The smallest absolute Gasteiger partial charge is 0.143 e. The molecule has 0 saturated heterocycles. The van der Waals surface area contributed by atoms with Gasteiger partial charge in [-0.15, -0.1) is 0 Å². The van der Waals surface area contributed by atoms with Crippen molar-refractivity contribution in [2.45, 2.75) is 6.92 Å². The van der Waals surface area contributed by atoms with Crippen molar-refractivity contribution in [3.8, 4) is 0 Å². The zero-order valence-corrected chi connectivity index (χ0v) is 9.52. The minimum Gasteiger partial charge on any atom is -0.232 e. The van der Waals surface area contributed by atoms with E-state index in [0.29, 0.717) is 15.8 Å². The molecule has 0 unspecified atom stereocenters. The van der Waals surface area contributed by atoms with Crippen LogP contribution in [0, 0.1) is 12.7 Å². The zero-order chi connectivity index (χ0) is 10.3. The number of benzene rings is 1. The maximum atomic E-state index is 13.4. The largest absolute Gasteiger partial charge is 0.232 e. The standard InChI is InChI=1S/C9H5BrClFN2/c1-4-13-8-5(10)2-3-6(12)7(8)9(11)14-4/h2-3H,1H3. The number of halogens is 3. The van der Waals surface area contributed by atoms with E-state index in [9.17, 15) is 4.39 Å². The second-order valence-corrected chi connectivity index (χ2v) is 4.03. The number of hydrogen-bond acceptors (Lipinski definition) is 2. The summed E-state index contributed by atoms with van der Waals surface area (Å²) in [4.78, 5) is 8.01. The lowest BCUT2D eigenvalue weighted by atomic mass is 10.2. The molecule has 0 aliphatic carbocycles. The molecule has 1 aromatic heterocycles. The van der Waals surface area contributed by atoms with E-state index in [1.165, 1.54) is 6.07 Å². The predicted octanol–water partition coefficient (Wildman–Crippen LogP) is 3.49. The van der Waals surface area contributed by atoms with Crippen molar-refractivity contribution in [3.05, 3.63) is 33.4 Å². The van der Waals surface area contributed by atoms with Crippen LogP contribution in [0.1, 0.15) is 5.82 Å². The highest BCUT2D eigenvalue weighted by molar-refractivity contribution is 9.10. The fourth-order valence-corrected chi connectivity index (χ4v) is 1.95. The molecule has 72 valence electrons. The van der Waals surface area contributed by atoms with Crippen LogP contribution in [-0.4, -0.2) is 9.97 Å². The van der Waals surface area contributed by atoms with E-state index in [1.807, 2.05) is 0 Å². The first-order valence-electron chi connectivity index (χ1n) is 3.87. The zero-order valence-electron chi connectivity index (χ0n) is 7.18. The molecular weight excluding hydrogens is 270 g/mol. The van der Waals surface area contributed by atoms with Crippen molar-refractivity contribution in [3.63, 3.8) is 0 Å². The summed E-state index contributed by atoms with van der Waals surface area (Å²) < 4.78 is 14.1. The lowest BCUT2D eigenvalue weighted by molar-refractivity contribution is 0.639. The van der Waals surface area contributed by atoms with Crippen molar-refractivity contribution >= 4 is 38.4 Å². The Hall–Kier alpha value is -0.740. The van der Waals surface area contributed by atoms with Crippen molar-refractivity contribution in [2.24, 2.45) is 0 Å². The Morgan fingerprint density at radius 3 is 2.79 bits per heavy atom. The van der Waals surface area contributed by atoms with Gasteiger partial charge in [-0.3, -0.25) is 0 Å². The van der Waals surface area contributed by atoms with Crippen LogP contribution in [0.2, 0.25) is 5.15 Å². The highest BCUT2D eigenvalue weighted by atomic mass is 79.9. The lowest BCUT2D eigenvalue weighted by Crippen LogP contribution is -1.93. The number of nitrogens with zero attached hydrogens (tertiary/aromatic N) is 2. The van der Waals surface area contributed by atoms with Gasteiger partial charge < -0.3 is 0 Å². The summed E-state index contributed by atoms with van der Waals surface area (Å²) in [6, 6.07) is 2.93. The summed E-state index contributed by atoms with van der Waals surface area (Å²) >= 11 is 9.11. The molecule has 1 aromatic carbocycles. The van der Waals surface area contributed by atoms with Crippen LogP contribution >= 0.6 is 27.5 Å². The van der Waals surface area contributed by atoms with Gasteiger partial charge in [-0.2, -0.15) is 0 Å². The van der Waals surface area contributed by atoms with E-state index < -0.39 is 5.82 Å². The Kier molecular flexibility index (Phi) is 2.41. The number of fused-ring (bicyclic) bond motifs is 1. The average Bonchev–Trinajstić information content (AvgIpc) is 2.10. The van der Waals surface area contributed by atoms with Crippen LogP contribution in [0.25, 0.3) is 10.9 Å². The van der Waals surface area contributed by atoms with Crippen molar-refractivity contribution in [1.82, 2.24) is 9.97 Å². The topological polar surface area (TPSA) is 25.8 Å². The van der Waals surface area contributed by atoms with Crippen molar-refractivity contribution < 1.29 is 4.39 Å². The molecule has 0 amide bonds. The number of rotatable bonds is 0. The van der Waals surface area contributed by atoms with Crippen LogP contribution in [0.3, 0.4) is 0 Å².